The molecule has 0 saturated heterocycles. The molecule has 2 aliphatic rings. The summed E-state index contributed by atoms with van der Waals surface area (Å²) in [6.45, 7) is 4.65. The molecular weight excluding hydrogens is 408 g/mol. The molecular formula is C26H30O6. The van der Waals surface area contributed by atoms with E-state index in [1.807, 2.05) is 44.2 Å². The highest BCUT2D eigenvalue weighted by molar-refractivity contribution is 6.01. The Balaban J connectivity index is 1.65. The van der Waals surface area contributed by atoms with Gasteiger partial charge in [-0.15, -0.1) is 0 Å². The average molecular weight is 439 g/mol. The average Bonchev–Trinajstić information content (AvgIpc) is 3.51. The molecule has 6 heteroatoms. The molecule has 170 valence electrons. The van der Waals surface area contributed by atoms with Gasteiger partial charge in [0.2, 0.25) is 5.75 Å². The topological polar surface area (TPSA) is 71.1 Å². The van der Waals surface area contributed by atoms with Gasteiger partial charge in [0.15, 0.2) is 17.3 Å². The zero-order valence-corrected chi connectivity index (χ0v) is 19.2. The van der Waals surface area contributed by atoms with Crippen molar-refractivity contribution < 1.29 is 28.5 Å². The van der Waals surface area contributed by atoms with E-state index in [0.29, 0.717) is 30.3 Å². The van der Waals surface area contributed by atoms with Crippen LogP contribution in [0.2, 0.25) is 0 Å². The maximum absolute atomic E-state index is 12.7. The van der Waals surface area contributed by atoms with Crippen molar-refractivity contribution in [3.8, 4) is 28.4 Å². The van der Waals surface area contributed by atoms with Crippen LogP contribution in [0.5, 0.6) is 17.2 Å². The Hall–Kier alpha value is -3.02. The van der Waals surface area contributed by atoms with Crippen LogP contribution in [0.15, 0.2) is 30.3 Å². The Morgan fingerprint density at radius 2 is 1.75 bits per heavy atom. The SMILES string of the molecule is COc1ccc(-c2ccc3c(c2)CCC3=O)c(OCC2(C(=O)OCC(C)C)CC2)c1OC. The molecule has 4 rings (SSSR count). The summed E-state index contributed by atoms with van der Waals surface area (Å²) in [5.41, 5.74) is 2.99. The predicted molar refractivity (Wildman–Crippen MR) is 121 cm³/mol. The number of ketones is 1. The fourth-order valence-electron chi connectivity index (χ4n) is 4.06. The Kier molecular flexibility index (Phi) is 6.13. The Labute approximate surface area is 188 Å². The highest BCUT2D eigenvalue weighted by atomic mass is 16.5. The summed E-state index contributed by atoms with van der Waals surface area (Å²) in [5.74, 6) is 1.82. The van der Waals surface area contributed by atoms with Crippen LogP contribution in [0.3, 0.4) is 0 Å². The number of carbonyl (C=O) groups excluding carboxylic acids is 2. The fourth-order valence-corrected chi connectivity index (χ4v) is 4.06. The van der Waals surface area contributed by atoms with E-state index in [-0.39, 0.29) is 24.3 Å². The highest BCUT2D eigenvalue weighted by Crippen LogP contribution is 2.50. The van der Waals surface area contributed by atoms with Crippen LogP contribution >= 0.6 is 0 Å². The van der Waals surface area contributed by atoms with Crippen molar-refractivity contribution in [2.45, 2.75) is 39.5 Å². The monoisotopic (exact) mass is 438 g/mol. The zero-order chi connectivity index (χ0) is 22.9. The number of hydrogen-bond acceptors (Lipinski definition) is 6. The Bertz CT molecular complexity index is 1030. The van der Waals surface area contributed by atoms with Gasteiger partial charge in [-0.3, -0.25) is 9.59 Å². The second-order valence-electron chi connectivity index (χ2n) is 9.03. The van der Waals surface area contributed by atoms with Gasteiger partial charge in [0, 0.05) is 17.5 Å². The molecule has 2 aromatic carbocycles. The smallest absolute Gasteiger partial charge is 0.315 e. The first-order valence-electron chi connectivity index (χ1n) is 11.1. The summed E-state index contributed by atoms with van der Waals surface area (Å²) >= 11 is 0. The summed E-state index contributed by atoms with van der Waals surface area (Å²) in [5, 5.41) is 0. The lowest BCUT2D eigenvalue weighted by Crippen LogP contribution is -2.27. The lowest BCUT2D eigenvalue weighted by molar-refractivity contribution is -0.152. The number of rotatable bonds is 9. The van der Waals surface area contributed by atoms with Gasteiger partial charge in [0.1, 0.15) is 12.0 Å². The second kappa shape index (κ2) is 8.85. The number of carbonyl (C=O) groups is 2. The molecule has 0 N–H and O–H groups in total. The van der Waals surface area contributed by atoms with Crippen LogP contribution in [0.25, 0.3) is 11.1 Å². The van der Waals surface area contributed by atoms with Gasteiger partial charge in [-0.05, 0) is 48.4 Å². The van der Waals surface area contributed by atoms with Crippen LogP contribution in [-0.2, 0) is 16.0 Å². The minimum Gasteiger partial charge on any atom is -0.493 e. The van der Waals surface area contributed by atoms with Gasteiger partial charge in [0.25, 0.3) is 0 Å². The zero-order valence-electron chi connectivity index (χ0n) is 19.2. The first-order valence-corrected chi connectivity index (χ1v) is 11.1. The summed E-state index contributed by atoms with van der Waals surface area (Å²) in [6, 6.07) is 9.61. The van der Waals surface area contributed by atoms with Crippen LogP contribution in [0.4, 0.5) is 0 Å². The molecule has 0 unspecified atom stereocenters. The predicted octanol–water partition coefficient (Wildman–Crippen LogP) is 4.86. The Morgan fingerprint density at radius 3 is 2.41 bits per heavy atom. The van der Waals surface area contributed by atoms with E-state index in [4.69, 9.17) is 18.9 Å². The van der Waals surface area contributed by atoms with Gasteiger partial charge < -0.3 is 18.9 Å². The molecule has 6 nitrogen and oxygen atoms in total. The first-order chi connectivity index (χ1) is 15.4. The fraction of sp³-hybridized carbons (Fsp3) is 0.462. The summed E-state index contributed by atoms with van der Waals surface area (Å²) < 4.78 is 22.9. The molecule has 0 aliphatic heterocycles. The van der Waals surface area contributed by atoms with Crippen molar-refractivity contribution in [3.63, 3.8) is 0 Å². The van der Waals surface area contributed by atoms with E-state index >= 15 is 0 Å². The molecule has 0 spiro atoms. The van der Waals surface area contributed by atoms with Crippen LogP contribution in [0.1, 0.15) is 49.0 Å². The number of fused-ring (bicyclic) bond motifs is 1. The molecule has 0 bridgehead atoms. The maximum atomic E-state index is 12.7. The van der Waals surface area contributed by atoms with Gasteiger partial charge in [-0.2, -0.15) is 0 Å². The van der Waals surface area contributed by atoms with Crippen molar-refractivity contribution in [3.05, 3.63) is 41.5 Å². The lowest BCUT2D eigenvalue weighted by Gasteiger charge is -2.21. The van der Waals surface area contributed by atoms with E-state index in [0.717, 1.165) is 41.5 Å². The third kappa shape index (κ3) is 4.18. The van der Waals surface area contributed by atoms with Gasteiger partial charge in [-0.25, -0.2) is 0 Å². The standard InChI is InChI=1S/C26H30O6/c1-16(2)14-31-25(28)26(11-12-26)15-32-23-20(8-10-22(29-3)24(23)30-4)18-5-7-19-17(13-18)6-9-21(19)27/h5,7-8,10,13,16H,6,9,11-12,14-15H2,1-4H3. The molecule has 0 amide bonds. The minimum absolute atomic E-state index is 0.186. The molecule has 0 atom stereocenters. The second-order valence-corrected chi connectivity index (χ2v) is 9.03. The van der Waals surface area contributed by atoms with E-state index < -0.39 is 5.41 Å². The quantitative estimate of drug-likeness (QED) is 0.521. The number of esters is 1. The van der Waals surface area contributed by atoms with Gasteiger partial charge >= 0.3 is 5.97 Å². The number of methoxy groups -OCH3 is 2. The normalized spacial score (nSPS) is 16.0. The lowest BCUT2D eigenvalue weighted by atomic mass is 9.99. The van der Waals surface area contributed by atoms with E-state index in [1.165, 1.54) is 0 Å². The largest absolute Gasteiger partial charge is 0.493 e. The number of hydrogen-bond donors (Lipinski definition) is 0. The molecule has 0 aromatic heterocycles. The van der Waals surface area contributed by atoms with Crippen molar-refractivity contribution >= 4 is 11.8 Å². The molecule has 32 heavy (non-hydrogen) atoms. The number of aryl methyl sites for hydroxylation is 1. The summed E-state index contributed by atoms with van der Waals surface area (Å²) in [4.78, 5) is 24.7. The van der Waals surface area contributed by atoms with Crippen LogP contribution in [-0.4, -0.2) is 39.2 Å². The van der Waals surface area contributed by atoms with E-state index in [2.05, 4.69) is 0 Å². The summed E-state index contributed by atoms with van der Waals surface area (Å²) in [6.07, 6.45) is 2.78. The summed E-state index contributed by atoms with van der Waals surface area (Å²) in [7, 11) is 3.15. The molecule has 1 saturated carbocycles. The van der Waals surface area contributed by atoms with Crippen molar-refractivity contribution in [1.29, 1.82) is 0 Å². The molecule has 2 aromatic rings. The minimum atomic E-state index is -0.607. The van der Waals surface area contributed by atoms with Crippen molar-refractivity contribution in [2.75, 3.05) is 27.4 Å². The van der Waals surface area contributed by atoms with E-state index in [1.54, 1.807) is 14.2 Å². The maximum Gasteiger partial charge on any atom is 0.315 e. The third-order valence-electron chi connectivity index (χ3n) is 6.17. The number of benzene rings is 2. The first kappa shape index (κ1) is 22.2. The molecule has 0 radical (unpaired) electrons. The van der Waals surface area contributed by atoms with Crippen LogP contribution < -0.4 is 14.2 Å². The van der Waals surface area contributed by atoms with Crippen molar-refractivity contribution in [1.82, 2.24) is 0 Å². The number of Topliss-reactive ketones (excluding diaryl/α,β-unsaturated/α-hetero) is 1. The molecule has 1 fully saturated rings. The van der Waals surface area contributed by atoms with Crippen LogP contribution in [0, 0.1) is 11.3 Å². The van der Waals surface area contributed by atoms with Crippen molar-refractivity contribution in [2.24, 2.45) is 11.3 Å². The van der Waals surface area contributed by atoms with E-state index in [9.17, 15) is 9.59 Å². The Morgan fingerprint density at radius 1 is 1.00 bits per heavy atom. The van der Waals surface area contributed by atoms with Gasteiger partial charge in [0.05, 0.1) is 20.8 Å². The molecule has 2 aliphatic carbocycles. The third-order valence-corrected chi connectivity index (χ3v) is 6.17. The number of ether oxygens (including phenoxy) is 4. The highest BCUT2D eigenvalue weighted by Gasteiger charge is 2.52. The van der Waals surface area contributed by atoms with Gasteiger partial charge in [-0.1, -0.05) is 32.0 Å². The molecule has 0 heterocycles.